The van der Waals surface area contributed by atoms with Crippen LogP contribution in [0.5, 0.6) is 0 Å². The van der Waals surface area contributed by atoms with Gasteiger partial charge < -0.3 is 10.6 Å². The normalized spacial score (nSPS) is 19.8. The van der Waals surface area contributed by atoms with E-state index in [-0.39, 0.29) is 24.0 Å². The van der Waals surface area contributed by atoms with Crippen molar-refractivity contribution in [2.45, 2.75) is 60.2 Å². The monoisotopic (exact) mass is 524 g/mol. The predicted molar refractivity (Wildman–Crippen MR) is 136 cm³/mol. The van der Waals surface area contributed by atoms with Gasteiger partial charge in [-0.25, -0.2) is 9.67 Å². The van der Waals surface area contributed by atoms with E-state index in [1.54, 1.807) is 0 Å². The summed E-state index contributed by atoms with van der Waals surface area (Å²) in [5.41, 5.74) is 4.43. The fraction of sp³-hybridized carbons (Fsp3) is 0.565. The van der Waals surface area contributed by atoms with Crippen LogP contribution in [-0.2, 0) is 6.54 Å². The zero-order valence-corrected chi connectivity index (χ0v) is 21.5. The van der Waals surface area contributed by atoms with Crippen molar-refractivity contribution in [2.24, 2.45) is 10.9 Å². The second-order valence-electron chi connectivity index (χ2n) is 8.44. The molecule has 1 fully saturated rings. The Kier molecular flexibility index (Phi) is 9.15. The Morgan fingerprint density at radius 3 is 2.57 bits per heavy atom. The molecular formula is C23H37IN6. The number of aromatic nitrogens is 2. The first-order chi connectivity index (χ1) is 13.9. The van der Waals surface area contributed by atoms with Gasteiger partial charge in [-0.2, -0.15) is 5.10 Å². The average Bonchev–Trinajstić information content (AvgIpc) is 3.22. The zero-order valence-electron chi connectivity index (χ0n) is 19.1. The van der Waals surface area contributed by atoms with E-state index >= 15 is 0 Å². The third-order valence-electron chi connectivity index (χ3n) is 5.67. The highest BCUT2D eigenvalue weighted by molar-refractivity contribution is 14.0. The van der Waals surface area contributed by atoms with Gasteiger partial charge >= 0.3 is 0 Å². The smallest absolute Gasteiger partial charge is 0.191 e. The fourth-order valence-corrected chi connectivity index (χ4v) is 4.00. The molecule has 30 heavy (non-hydrogen) atoms. The summed E-state index contributed by atoms with van der Waals surface area (Å²) in [6, 6.07) is 11.5. The SMILES string of the molecule is CCNC(=NCc1ccccc1-n1nc(C)cc1C)NC1CN(C(C)C)CC1C.I. The van der Waals surface area contributed by atoms with Gasteiger partial charge in [-0.3, -0.25) is 4.90 Å². The van der Waals surface area contributed by atoms with E-state index in [9.17, 15) is 0 Å². The fourth-order valence-electron chi connectivity index (χ4n) is 4.00. The summed E-state index contributed by atoms with van der Waals surface area (Å²) < 4.78 is 2.01. The molecule has 0 bridgehead atoms. The molecule has 7 heteroatoms. The number of likely N-dealkylation sites (tertiary alicyclic amines) is 1. The summed E-state index contributed by atoms with van der Waals surface area (Å²) >= 11 is 0. The van der Waals surface area contributed by atoms with Gasteiger partial charge in [-0.05, 0) is 58.2 Å². The molecule has 1 aromatic carbocycles. The number of aryl methyl sites for hydroxylation is 2. The second-order valence-corrected chi connectivity index (χ2v) is 8.44. The largest absolute Gasteiger partial charge is 0.357 e. The molecule has 0 spiro atoms. The molecule has 1 saturated heterocycles. The molecule has 0 radical (unpaired) electrons. The number of benzene rings is 1. The van der Waals surface area contributed by atoms with Crippen molar-refractivity contribution in [1.82, 2.24) is 25.3 Å². The summed E-state index contributed by atoms with van der Waals surface area (Å²) in [6.07, 6.45) is 0. The molecule has 3 rings (SSSR count). The van der Waals surface area contributed by atoms with Crippen LogP contribution in [0.2, 0.25) is 0 Å². The zero-order chi connectivity index (χ0) is 21.0. The minimum Gasteiger partial charge on any atom is -0.357 e. The summed E-state index contributed by atoms with van der Waals surface area (Å²) in [5, 5.41) is 11.7. The van der Waals surface area contributed by atoms with Gasteiger partial charge in [-0.15, -0.1) is 24.0 Å². The van der Waals surface area contributed by atoms with Crippen molar-refractivity contribution in [1.29, 1.82) is 0 Å². The first-order valence-corrected chi connectivity index (χ1v) is 10.8. The van der Waals surface area contributed by atoms with Gasteiger partial charge in [0.1, 0.15) is 0 Å². The number of hydrogen-bond acceptors (Lipinski definition) is 3. The van der Waals surface area contributed by atoms with E-state index in [0.29, 0.717) is 24.5 Å². The van der Waals surface area contributed by atoms with Crippen molar-refractivity contribution in [3.8, 4) is 5.69 Å². The minimum absolute atomic E-state index is 0. The first kappa shape index (κ1) is 24.7. The summed E-state index contributed by atoms with van der Waals surface area (Å²) in [5.74, 6) is 1.49. The highest BCUT2D eigenvalue weighted by Gasteiger charge is 2.31. The number of para-hydroxylation sites is 1. The summed E-state index contributed by atoms with van der Waals surface area (Å²) in [4.78, 5) is 7.44. The number of guanidine groups is 1. The number of nitrogens with zero attached hydrogens (tertiary/aromatic N) is 4. The van der Waals surface area contributed by atoms with Gasteiger partial charge in [0, 0.05) is 37.4 Å². The van der Waals surface area contributed by atoms with Gasteiger partial charge in [0.25, 0.3) is 0 Å². The van der Waals surface area contributed by atoms with E-state index < -0.39 is 0 Å². The van der Waals surface area contributed by atoms with Gasteiger partial charge in [-0.1, -0.05) is 25.1 Å². The third-order valence-corrected chi connectivity index (χ3v) is 5.67. The van der Waals surface area contributed by atoms with Crippen LogP contribution in [0.4, 0.5) is 0 Å². The Morgan fingerprint density at radius 1 is 1.23 bits per heavy atom. The average molecular weight is 524 g/mol. The van der Waals surface area contributed by atoms with Crippen molar-refractivity contribution in [3.63, 3.8) is 0 Å². The molecule has 166 valence electrons. The lowest BCUT2D eigenvalue weighted by Gasteiger charge is -2.22. The van der Waals surface area contributed by atoms with E-state index in [1.807, 2.05) is 11.6 Å². The molecule has 1 aliphatic rings. The maximum atomic E-state index is 4.91. The van der Waals surface area contributed by atoms with Crippen LogP contribution in [0.3, 0.4) is 0 Å². The lowest BCUT2D eigenvalue weighted by molar-refractivity contribution is 0.265. The molecule has 0 aliphatic carbocycles. The maximum Gasteiger partial charge on any atom is 0.191 e. The third kappa shape index (κ3) is 5.97. The molecule has 6 nitrogen and oxygen atoms in total. The molecule has 1 aliphatic heterocycles. The number of hydrogen-bond donors (Lipinski definition) is 2. The summed E-state index contributed by atoms with van der Waals surface area (Å²) in [7, 11) is 0. The maximum absolute atomic E-state index is 4.91. The molecule has 0 saturated carbocycles. The molecule has 2 atom stereocenters. The molecule has 0 amide bonds. The molecule has 2 heterocycles. The highest BCUT2D eigenvalue weighted by Crippen LogP contribution is 2.20. The summed E-state index contributed by atoms with van der Waals surface area (Å²) in [6.45, 7) is 16.7. The molecule has 2 N–H and O–H groups in total. The Balaban J connectivity index is 0.00000320. The van der Waals surface area contributed by atoms with Crippen molar-refractivity contribution in [3.05, 3.63) is 47.3 Å². The second kappa shape index (κ2) is 11.1. The molecular weight excluding hydrogens is 487 g/mol. The molecule has 2 aromatic rings. The number of aliphatic imine (C=N–C) groups is 1. The van der Waals surface area contributed by atoms with Gasteiger partial charge in [0.15, 0.2) is 5.96 Å². The topological polar surface area (TPSA) is 57.5 Å². The van der Waals surface area contributed by atoms with E-state index in [1.165, 1.54) is 5.56 Å². The van der Waals surface area contributed by atoms with Crippen molar-refractivity contribution < 1.29 is 0 Å². The van der Waals surface area contributed by atoms with E-state index in [0.717, 1.165) is 42.7 Å². The Bertz CT molecular complexity index is 844. The first-order valence-electron chi connectivity index (χ1n) is 10.8. The molecule has 2 unspecified atom stereocenters. The van der Waals surface area contributed by atoms with Crippen molar-refractivity contribution >= 4 is 29.9 Å². The van der Waals surface area contributed by atoms with Crippen LogP contribution < -0.4 is 10.6 Å². The van der Waals surface area contributed by atoms with Gasteiger partial charge in [0.2, 0.25) is 0 Å². The Hall–Kier alpha value is -1.61. The minimum atomic E-state index is 0. The van der Waals surface area contributed by atoms with Crippen molar-refractivity contribution in [2.75, 3.05) is 19.6 Å². The molecule has 1 aromatic heterocycles. The lowest BCUT2D eigenvalue weighted by Crippen LogP contribution is -2.46. The van der Waals surface area contributed by atoms with Crippen LogP contribution in [0.25, 0.3) is 5.69 Å². The van der Waals surface area contributed by atoms with Crippen LogP contribution in [-0.4, -0.2) is 52.4 Å². The number of halogens is 1. The number of nitrogens with one attached hydrogen (secondary N) is 2. The Morgan fingerprint density at radius 2 is 1.97 bits per heavy atom. The van der Waals surface area contributed by atoms with Crippen LogP contribution in [0.15, 0.2) is 35.3 Å². The Labute approximate surface area is 198 Å². The number of rotatable bonds is 6. The van der Waals surface area contributed by atoms with Crippen LogP contribution in [0, 0.1) is 19.8 Å². The highest BCUT2D eigenvalue weighted by atomic mass is 127. The predicted octanol–water partition coefficient (Wildman–Crippen LogP) is 3.89. The quantitative estimate of drug-likeness (QED) is 0.342. The lowest BCUT2D eigenvalue weighted by atomic mass is 10.1. The van der Waals surface area contributed by atoms with E-state index in [4.69, 9.17) is 4.99 Å². The standard InChI is InChI=1S/C23H36N6.HI/c1-7-24-23(26-21-15-28(16(2)3)14-17(21)4)25-13-20-10-8-9-11-22(20)29-19(6)12-18(5)27-29;/h8-12,16-17,21H,7,13-15H2,1-6H3,(H2,24,25,26);1H. The van der Waals surface area contributed by atoms with Crippen LogP contribution in [0.1, 0.15) is 44.6 Å². The van der Waals surface area contributed by atoms with Gasteiger partial charge in [0.05, 0.1) is 17.9 Å². The van der Waals surface area contributed by atoms with Crippen LogP contribution >= 0.6 is 24.0 Å². The van der Waals surface area contributed by atoms with E-state index in [2.05, 4.69) is 85.6 Å².